The molecule has 0 heterocycles. The molecule has 1 N–H and O–H groups in total. The molecule has 0 aromatic heterocycles. The van der Waals surface area contributed by atoms with Gasteiger partial charge in [0.25, 0.3) is 0 Å². The lowest BCUT2D eigenvalue weighted by Gasteiger charge is -2.03. The van der Waals surface area contributed by atoms with Gasteiger partial charge in [-0.3, -0.25) is 9.59 Å². The third kappa shape index (κ3) is 4.81. The minimum absolute atomic E-state index is 0.0711. The highest BCUT2D eigenvalue weighted by Crippen LogP contribution is 1.99. The number of esters is 1. The summed E-state index contributed by atoms with van der Waals surface area (Å²) in [6, 6.07) is 9.74. The van der Waals surface area contributed by atoms with Crippen molar-refractivity contribution in [3.8, 4) is 0 Å². The van der Waals surface area contributed by atoms with Crippen molar-refractivity contribution in [2.24, 2.45) is 0 Å². The zero-order chi connectivity index (χ0) is 10.9. The predicted octanol–water partition coefficient (Wildman–Crippen LogP) is 0.518. The number of rotatable bonds is 6. The number of amides is 1. The Bertz CT molecular complexity index is 311. The Balaban J connectivity index is 2.16. The van der Waals surface area contributed by atoms with E-state index in [0.29, 0.717) is 19.4 Å². The average Bonchev–Trinajstić information content (AvgIpc) is 2.28. The molecule has 4 nitrogen and oxygen atoms in total. The largest absolute Gasteiger partial charge is 0.464 e. The molecule has 80 valence electrons. The van der Waals surface area contributed by atoms with Crippen LogP contribution in [0.25, 0.3) is 0 Å². The van der Waals surface area contributed by atoms with Gasteiger partial charge in [-0.2, -0.15) is 0 Å². The van der Waals surface area contributed by atoms with Gasteiger partial charge in [-0.1, -0.05) is 30.3 Å². The van der Waals surface area contributed by atoms with E-state index in [0.717, 1.165) is 5.56 Å². The summed E-state index contributed by atoms with van der Waals surface area (Å²) in [7, 11) is 0. The fraction of sp³-hybridized carbons (Fsp3) is 0.273. The third-order valence-electron chi connectivity index (χ3n) is 1.83. The van der Waals surface area contributed by atoms with Crippen molar-refractivity contribution in [2.75, 3.05) is 13.2 Å². The molecular formula is C11H13NO3. The molecule has 1 aromatic carbocycles. The van der Waals surface area contributed by atoms with E-state index in [2.05, 4.69) is 5.32 Å². The summed E-state index contributed by atoms with van der Waals surface area (Å²) in [4.78, 5) is 20.8. The van der Waals surface area contributed by atoms with E-state index >= 15 is 0 Å². The topological polar surface area (TPSA) is 55.4 Å². The van der Waals surface area contributed by atoms with Gasteiger partial charge in [0.15, 0.2) is 0 Å². The van der Waals surface area contributed by atoms with E-state index in [1.807, 2.05) is 30.3 Å². The summed E-state index contributed by atoms with van der Waals surface area (Å²) in [5.74, 6) is -0.418. The molecule has 0 aliphatic rings. The summed E-state index contributed by atoms with van der Waals surface area (Å²) < 4.78 is 4.89. The highest BCUT2D eigenvalue weighted by Gasteiger charge is 2.00. The molecule has 0 saturated heterocycles. The maximum Gasteiger partial charge on any atom is 0.325 e. The lowest BCUT2D eigenvalue weighted by Crippen LogP contribution is -2.23. The summed E-state index contributed by atoms with van der Waals surface area (Å²) in [6.45, 7) is 0.266. The van der Waals surface area contributed by atoms with Crippen LogP contribution >= 0.6 is 0 Å². The second kappa shape index (κ2) is 6.59. The Morgan fingerprint density at radius 1 is 1.33 bits per heavy atom. The summed E-state index contributed by atoms with van der Waals surface area (Å²) in [5.41, 5.74) is 1.12. The first-order valence-electron chi connectivity index (χ1n) is 4.69. The molecule has 0 spiro atoms. The fourth-order valence-corrected chi connectivity index (χ4v) is 1.10. The van der Waals surface area contributed by atoms with Crippen molar-refractivity contribution < 1.29 is 14.3 Å². The van der Waals surface area contributed by atoms with Crippen LogP contribution in [0, 0.1) is 0 Å². The zero-order valence-corrected chi connectivity index (χ0v) is 8.31. The SMILES string of the molecule is O=CNCC(=O)OCCc1ccccc1. The van der Waals surface area contributed by atoms with Crippen LogP contribution in [0.3, 0.4) is 0 Å². The standard InChI is InChI=1S/C11H13NO3/c13-9-12-8-11(14)15-7-6-10-4-2-1-3-5-10/h1-5,9H,6-8H2,(H,12,13). The first kappa shape index (κ1) is 11.2. The van der Waals surface area contributed by atoms with Crippen molar-refractivity contribution in [1.82, 2.24) is 5.32 Å². The first-order valence-corrected chi connectivity index (χ1v) is 4.69. The zero-order valence-electron chi connectivity index (χ0n) is 8.31. The number of hydrogen-bond acceptors (Lipinski definition) is 3. The maximum atomic E-state index is 10.9. The smallest absolute Gasteiger partial charge is 0.325 e. The van der Waals surface area contributed by atoms with Gasteiger partial charge in [-0.05, 0) is 5.56 Å². The lowest BCUT2D eigenvalue weighted by molar-refractivity contribution is -0.143. The molecule has 0 saturated carbocycles. The van der Waals surface area contributed by atoms with Crippen molar-refractivity contribution in [3.63, 3.8) is 0 Å². The molecular weight excluding hydrogens is 194 g/mol. The van der Waals surface area contributed by atoms with E-state index in [9.17, 15) is 9.59 Å². The first-order chi connectivity index (χ1) is 7.33. The van der Waals surface area contributed by atoms with E-state index in [1.165, 1.54) is 0 Å². The van der Waals surface area contributed by atoms with Crippen LogP contribution in [0.4, 0.5) is 0 Å². The van der Waals surface area contributed by atoms with Crippen LogP contribution in [-0.2, 0) is 20.7 Å². The van der Waals surface area contributed by atoms with Gasteiger partial charge in [0.05, 0.1) is 6.61 Å². The van der Waals surface area contributed by atoms with Crippen LogP contribution in [0.15, 0.2) is 30.3 Å². The lowest BCUT2D eigenvalue weighted by atomic mass is 10.2. The molecule has 0 radical (unpaired) electrons. The maximum absolute atomic E-state index is 10.9. The summed E-state index contributed by atoms with van der Waals surface area (Å²) in [6.07, 6.45) is 1.16. The minimum atomic E-state index is -0.418. The van der Waals surface area contributed by atoms with E-state index in [4.69, 9.17) is 4.74 Å². The second-order valence-corrected chi connectivity index (χ2v) is 2.95. The van der Waals surface area contributed by atoms with Gasteiger partial charge in [-0.15, -0.1) is 0 Å². The van der Waals surface area contributed by atoms with Crippen LogP contribution < -0.4 is 5.32 Å². The molecule has 0 unspecified atom stereocenters. The number of hydrogen-bond donors (Lipinski definition) is 1. The monoisotopic (exact) mass is 207 g/mol. The molecule has 4 heteroatoms. The van der Waals surface area contributed by atoms with Crippen LogP contribution in [0.5, 0.6) is 0 Å². The molecule has 0 fully saturated rings. The Morgan fingerprint density at radius 3 is 2.73 bits per heavy atom. The average molecular weight is 207 g/mol. The van der Waals surface area contributed by atoms with Gasteiger partial charge in [0.2, 0.25) is 6.41 Å². The molecule has 0 aliphatic carbocycles. The highest BCUT2D eigenvalue weighted by atomic mass is 16.5. The highest BCUT2D eigenvalue weighted by molar-refractivity contribution is 5.73. The molecule has 1 amide bonds. The van der Waals surface area contributed by atoms with Crippen LogP contribution in [0.2, 0.25) is 0 Å². The normalized spacial score (nSPS) is 9.33. The molecule has 0 bridgehead atoms. The van der Waals surface area contributed by atoms with E-state index < -0.39 is 5.97 Å². The number of ether oxygens (including phenoxy) is 1. The second-order valence-electron chi connectivity index (χ2n) is 2.95. The van der Waals surface area contributed by atoms with Gasteiger partial charge in [-0.25, -0.2) is 0 Å². The van der Waals surface area contributed by atoms with E-state index in [1.54, 1.807) is 0 Å². The molecule has 0 atom stereocenters. The van der Waals surface area contributed by atoms with Crippen LogP contribution in [-0.4, -0.2) is 25.5 Å². The Hall–Kier alpha value is -1.84. The number of carbonyl (C=O) groups excluding carboxylic acids is 2. The fourth-order valence-electron chi connectivity index (χ4n) is 1.10. The number of carbonyl (C=O) groups is 2. The Morgan fingerprint density at radius 2 is 2.07 bits per heavy atom. The molecule has 15 heavy (non-hydrogen) atoms. The Kier molecular flexibility index (Phi) is 4.94. The minimum Gasteiger partial charge on any atom is -0.464 e. The summed E-state index contributed by atoms with van der Waals surface area (Å²) >= 11 is 0. The molecule has 0 aliphatic heterocycles. The van der Waals surface area contributed by atoms with Gasteiger partial charge in [0, 0.05) is 6.42 Å². The van der Waals surface area contributed by atoms with Crippen molar-refractivity contribution in [3.05, 3.63) is 35.9 Å². The third-order valence-corrected chi connectivity index (χ3v) is 1.83. The van der Waals surface area contributed by atoms with Crippen molar-refractivity contribution in [1.29, 1.82) is 0 Å². The van der Waals surface area contributed by atoms with Crippen molar-refractivity contribution >= 4 is 12.4 Å². The predicted molar refractivity (Wildman–Crippen MR) is 55.2 cm³/mol. The van der Waals surface area contributed by atoms with Gasteiger partial charge < -0.3 is 10.1 Å². The molecule has 1 aromatic rings. The van der Waals surface area contributed by atoms with Gasteiger partial charge >= 0.3 is 5.97 Å². The number of benzene rings is 1. The van der Waals surface area contributed by atoms with E-state index in [-0.39, 0.29) is 6.54 Å². The quantitative estimate of drug-likeness (QED) is 0.546. The van der Waals surface area contributed by atoms with Crippen molar-refractivity contribution in [2.45, 2.75) is 6.42 Å². The van der Waals surface area contributed by atoms with Crippen LogP contribution in [0.1, 0.15) is 5.56 Å². The molecule has 1 rings (SSSR count). The van der Waals surface area contributed by atoms with Gasteiger partial charge in [0.1, 0.15) is 6.54 Å². The summed E-state index contributed by atoms with van der Waals surface area (Å²) in [5, 5.41) is 2.24. The number of nitrogens with one attached hydrogen (secondary N) is 1. The Labute approximate surface area is 88.2 Å².